The van der Waals surface area contributed by atoms with E-state index in [9.17, 15) is 0 Å². The van der Waals surface area contributed by atoms with Gasteiger partial charge >= 0.3 is 0 Å². The number of ether oxygens (including phenoxy) is 3. The number of halogens is 1. The fourth-order valence-corrected chi connectivity index (χ4v) is 2.00. The molecule has 0 fully saturated rings. The van der Waals surface area contributed by atoms with Crippen molar-refractivity contribution in [1.82, 2.24) is 5.32 Å². The van der Waals surface area contributed by atoms with Crippen LogP contribution in [0.1, 0.15) is 5.56 Å². The van der Waals surface area contributed by atoms with Gasteiger partial charge in [-0.15, -0.1) is 0 Å². The van der Waals surface area contributed by atoms with E-state index in [2.05, 4.69) is 27.3 Å². The third-order valence-corrected chi connectivity index (χ3v) is 3.23. The Morgan fingerprint density at radius 3 is 2.47 bits per heavy atom. The quantitative estimate of drug-likeness (QED) is 0.744. The van der Waals surface area contributed by atoms with Crippen LogP contribution >= 0.6 is 15.9 Å². The van der Waals surface area contributed by atoms with Crippen molar-refractivity contribution in [3.8, 4) is 11.5 Å². The molecule has 0 aromatic heterocycles. The summed E-state index contributed by atoms with van der Waals surface area (Å²) >= 11 is 3.52. The molecule has 0 radical (unpaired) electrons. The zero-order valence-corrected chi connectivity index (χ0v) is 13.1. The predicted octanol–water partition coefficient (Wildman–Crippen LogP) is 2.72. The van der Waals surface area contributed by atoms with Crippen molar-refractivity contribution >= 4 is 22.0 Å². The lowest BCUT2D eigenvalue weighted by Gasteiger charge is -2.09. The minimum Gasteiger partial charge on any atom is -0.493 e. The molecular weight excluding hydrogens is 310 g/mol. The van der Waals surface area contributed by atoms with Crippen LogP contribution in [-0.4, -0.2) is 41.0 Å². The van der Waals surface area contributed by atoms with Crippen LogP contribution in [0.4, 0.5) is 0 Å². The van der Waals surface area contributed by atoms with Gasteiger partial charge in [0, 0.05) is 24.7 Å². The van der Waals surface area contributed by atoms with Crippen LogP contribution in [0.2, 0.25) is 0 Å². The summed E-state index contributed by atoms with van der Waals surface area (Å²) in [4.78, 5) is 0. The van der Waals surface area contributed by atoms with Crippen molar-refractivity contribution in [3.05, 3.63) is 28.2 Å². The van der Waals surface area contributed by atoms with E-state index in [1.54, 1.807) is 21.3 Å². The van der Waals surface area contributed by atoms with Crippen LogP contribution in [0.3, 0.4) is 0 Å². The van der Waals surface area contributed by atoms with Crippen molar-refractivity contribution < 1.29 is 14.2 Å². The van der Waals surface area contributed by atoms with Crippen LogP contribution in [-0.2, 0) is 4.74 Å². The average molecular weight is 330 g/mol. The SMILES string of the molecule is COCCNCC=Cc1cc(OC)c(OC)cc1Br. The van der Waals surface area contributed by atoms with Gasteiger partial charge in [0.1, 0.15) is 0 Å². The number of methoxy groups -OCH3 is 3. The van der Waals surface area contributed by atoms with Gasteiger partial charge in [-0.3, -0.25) is 0 Å². The minimum absolute atomic E-state index is 0.713. The molecule has 5 heteroatoms. The van der Waals surface area contributed by atoms with E-state index in [0.29, 0.717) is 12.4 Å². The summed E-state index contributed by atoms with van der Waals surface area (Å²) in [6, 6.07) is 3.84. The second-order valence-corrected chi connectivity index (χ2v) is 4.68. The standard InChI is InChI=1S/C14H20BrNO3/c1-17-8-7-16-6-4-5-11-9-13(18-2)14(19-3)10-12(11)15/h4-5,9-10,16H,6-8H2,1-3H3. The first-order valence-corrected chi connectivity index (χ1v) is 6.80. The summed E-state index contributed by atoms with van der Waals surface area (Å²) in [7, 11) is 4.95. The third-order valence-electron chi connectivity index (χ3n) is 2.55. The van der Waals surface area contributed by atoms with Crippen LogP contribution in [0.25, 0.3) is 6.08 Å². The predicted molar refractivity (Wildman–Crippen MR) is 81.0 cm³/mol. The van der Waals surface area contributed by atoms with Crippen LogP contribution in [0.15, 0.2) is 22.7 Å². The van der Waals surface area contributed by atoms with Crippen LogP contribution in [0.5, 0.6) is 11.5 Å². The first-order chi connectivity index (χ1) is 9.22. The number of rotatable bonds is 8. The molecule has 4 nitrogen and oxygen atoms in total. The summed E-state index contributed by atoms with van der Waals surface area (Å²) < 4.78 is 16.4. The zero-order chi connectivity index (χ0) is 14.1. The maximum Gasteiger partial charge on any atom is 0.161 e. The largest absolute Gasteiger partial charge is 0.493 e. The van der Waals surface area contributed by atoms with E-state index >= 15 is 0 Å². The molecule has 0 unspecified atom stereocenters. The van der Waals surface area contributed by atoms with E-state index < -0.39 is 0 Å². The molecule has 1 aromatic carbocycles. The highest BCUT2D eigenvalue weighted by molar-refractivity contribution is 9.10. The molecule has 0 amide bonds. The maximum atomic E-state index is 5.28. The van der Waals surface area contributed by atoms with Crippen molar-refractivity contribution in [2.75, 3.05) is 41.0 Å². The molecular formula is C14H20BrNO3. The van der Waals surface area contributed by atoms with E-state index in [-0.39, 0.29) is 0 Å². The summed E-state index contributed by atoms with van der Waals surface area (Å²) in [5.74, 6) is 1.43. The van der Waals surface area contributed by atoms with E-state index in [1.807, 2.05) is 18.2 Å². The van der Waals surface area contributed by atoms with Crippen molar-refractivity contribution in [1.29, 1.82) is 0 Å². The highest BCUT2D eigenvalue weighted by Gasteiger charge is 2.07. The molecule has 1 N–H and O–H groups in total. The number of hydrogen-bond donors (Lipinski definition) is 1. The lowest BCUT2D eigenvalue weighted by Crippen LogP contribution is -2.18. The van der Waals surface area contributed by atoms with Gasteiger partial charge in [-0.25, -0.2) is 0 Å². The molecule has 0 aliphatic carbocycles. The molecule has 1 rings (SSSR count). The number of benzene rings is 1. The first-order valence-electron chi connectivity index (χ1n) is 6.00. The van der Waals surface area contributed by atoms with Crippen LogP contribution < -0.4 is 14.8 Å². The Kier molecular flexibility index (Phi) is 7.55. The molecule has 0 atom stereocenters. The molecule has 0 spiro atoms. The first kappa shape index (κ1) is 16.0. The molecule has 19 heavy (non-hydrogen) atoms. The lowest BCUT2D eigenvalue weighted by atomic mass is 10.2. The van der Waals surface area contributed by atoms with Gasteiger partial charge in [-0.1, -0.05) is 28.1 Å². The van der Waals surface area contributed by atoms with E-state index in [1.165, 1.54) is 0 Å². The van der Waals surface area contributed by atoms with E-state index in [0.717, 1.165) is 28.9 Å². The highest BCUT2D eigenvalue weighted by atomic mass is 79.9. The Hall–Kier alpha value is -1.04. The van der Waals surface area contributed by atoms with Gasteiger partial charge in [0.05, 0.1) is 20.8 Å². The molecule has 0 saturated carbocycles. The Morgan fingerprint density at radius 1 is 1.16 bits per heavy atom. The van der Waals surface area contributed by atoms with Gasteiger partial charge in [0.2, 0.25) is 0 Å². The molecule has 0 aliphatic rings. The molecule has 0 heterocycles. The summed E-state index contributed by atoms with van der Waals surface area (Å²) in [5.41, 5.74) is 1.05. The monoisotopic (exact) mass is 329 g/mol. The van der Waals surface area contributed by atoms with Crippen LogP contribution in [0, 0.1) is 0 Å². The van der Waals surface area contributed by atoms with Gasteiger partial charge in [0.25, 0.3) is 0 Å². The molecule has 1 aromatic rings. The van der Waals surface area contributed by atoms with Crippen molar-refractivity contribution in [3.63, 3.8) is 0 Å². The van der Waals surface area contributed by atoms with E-state index in [4.69, 9.17) is 14.2 Å². The Morgan fingerprint density at radius 2 is 1.84 bits per heavy atom. The fraction of sp³-hybridized carbons (Fsp3) is 0.429. The average Bonchev–Trinajstić information content (AvgIpc) is 2.43. The molecule has 0 bridgehead atoms. The van der Waals surface area contributed by atoms with Gasteiger partial charge in [-0.2, -0.15) is 0 Å². The van der Waals surface area contributed by atoms with Crippen molar-refractivity contribution in [2.45, 2.75) is 0 Å². The summed E-state index contributed by atoms with van der Waals surface area (Å²) in [6.45, 7) is 2.35. The Bertz CT molecular complexity index is 421. The second-order valence-electron chi connectivity index (χ2n) is 3.83. The fourth-order valence-electron chi connectivity index (χ4n) is 1.54. The topological polar surface area (TPSA) is 39.7 Å². The lowest BCUT2D eigenvalue weighted by molar-refractivity contribution is 0.200. The van der Waals surface area contributed by atoms with Gasteiger partial charge in [-0.05, 0) is 17.7 Å². The maximum absolute atomic E-state index is 5.28. The smallest absolute Gasteiger partial charge is 0.161 e. The Balaban J connectivity index is 2.65. The molecule has 0 aliphatic heterocycles. The summed E-state index contributed by atoms with van der Waals surface area (Å²) in [5, 5.41) is 3.24. The second kappa shape index (κ2) is 8.96. The highest BCUT2D eigenvalue weighted by Crippen LogP contribution is 2.33. The number of nitrogens with one attached hydrogen (secondary N) is 1. The normalized spacial score (nSPS) is 10.9. The van der Waals surface area contributed by atoms with Gasteiger partial charge in [0.15, 0.2) is 11.5 Å². The van der Waals surface area contributed by atoms with Gasteiger partial charge < -0.3 is 19.5 Å². The van der Waals surface area contributed by atoms with Crippen molar-refractivity contribution in [2.24, 2.45) is 0 Å². The number of hydrogen-bond acceptors (Lipinski definition) is 4. The minimum atomic E-state index is 0.713. The molecule has 106 valence electrons. The molecule has 0 saturated heterocycles. The third kappa shape index (κ3) is 5.22. The zero-order valence-electron chi connectivity index (χ0n) is 11.5. The Labute approximate surface area is 122 Å². The summed E-state index contributed by atoms with van der Waals surface area (Å²) in [6.07, 6.45) is 4.09.